The number of H-pyrrole nitrogens is 2. The summed E-state index contributed by atoms with van der Waals surface area (Å²) in [6, 6.07) is 24.5. The second-order valence-corrected chi connectivity index (χ2v) is 11.5. The lowest BCUT2D eigenvalue weighted by Gasteiger charge is -2.27. The highest BCUT2D eigenvalue weighted by Crippen LogP contribution is 2.32. The molecule has 0 radical (unpaired) electrons. The summed E-state index contributed by atoms with van der Waals surface area (Å²) < 4.78 is 7.57. The standard InChI is InChI=1S/C34H37N7O2/c1-34(36,33(35)42)18-24(17-25-20-38-30-10-6-4-8-28(25)30)32-40-39-31(41(32)21-22-11-14-26(43-2)15-12-22)16-13-23-19-37-29-9-5-3-7-27(23)29/h3-12,14-15,19-20,24,37-38H,13,16-18,21,36H2,1-2H3,(H2,35,42). The van der Waals surface area contributed by atoms with Crippen molar-refractivity contribution >= 4 is 27.7 Å². The van der Waals surface area contributed by atoms with Crippen molar-refractivity contribution in [2.24, 2.45) is 11.5 Å². The van der Waals surface area contributed by atoms with Gasteiger partial charge in [0.25, 0.3) is 0 Å². The molecule has 0 saturated heterocycles. The molecule has 0 aliphatic carbocycles. The van der Waals surface area contributed by atoms with Crippen LogP contribution < -0.4 is 16.2 Å². The quantitative estimate of drug-likeness (QED) is 0.163. The molecule has 0 aliphatic rings. The van der Waals surface area contributed by atoms with Gasteiger partial charge in [-0.05, 0) is 67.1 Å². The van der Waals surface area contributed by atoms with E-state index in [1.807, 2.05) is 36.5 Å². The Morgan fingerprint density at radius 2 is 1.53 bits per heavy atom. The Labute approximate surface area is 250 Å². The Morgan fingerprint density at radius 1 is 0.907 bits per heavy atom. The zero-order valence-electron chi connectivity index (χ0n) is 24.5. The molecule has 3 aromatic heterocycles. The molecule has 0 spiro atoms. The van der Waals surface area contributed by atoms with Gasteiger partial charge in [-0.1, -0.05) is 48.5 Å². The van der Waals surface area contributed by atoms with Crippen molar-refractivity contribution in [2.45, 2.75) is 50.6 Å². The number of aromatic nitrogens is 5. The summed E-state index contributed by atoms with van der Waals surface area (Å²) in [7, 11) is 1.66. The Balaban J connectivity index is 1.39. The number of carbonyl (C=O) groups excluding carboxylic acids is 1. The first kappa shape index (κ1) is 28.2. The fourth-order valence-corrected chi connectivity index (χ4v) is 5.94. The fraction of sp³-hybridized carbons (Fsp3) is 0.265. The number of nitrogens with zero attached hydrogens (tertiary/aromatic N) is 3. The van der Waals surface area contributed by atoms with Gasteiger partial charge in [-0.2, -0.15) is 0 Å². The molecule has 6 aromatic rings. The number of benzene rings is 3. The first-order valence-electron chi connectivity index (χ1n) is 14.6. The average molecular weight is 576 g/mol. The number of aryl methyl sites for hydroxylation is 2. The number of fused-ring (bicyclic) bond motifs is 2. The largest absolute Gasteiger partial charge is 0.497 e. The molecule has 6 rings (SSSR count). The zero-order valence-corrected chi connectivity index (χ0v) is 24.5. The normalized spacial score (nSPS) is 13.7. The molecule has 0 saturated carbocycles. The lowest BCUT2D eigenvalue weighted by molar-refractivity contribution is -0.122. The van der Waals surface area contributed by atoms with Gasteiger partial charge in [0.2, 0.25) is 5.91 Å². The monoisotopic (exact) mass is 575 g/mol. The van der Waals surface area contributed by atoms with Crippen LogP contribution in [-0.4, -0.2) is 43.3 Å². The number of nitrogens with one attached hydrogen (secondary N) is 2. The van der Waals surface area contributed by atoms with Crippen molar-refractivity contribution < 1.29 is 9.53 Å². The van der Waals surface area contributed by atoms with Gasteiger partial charge in [0, 0.05) is 46.5 Å². The van der Waals surface area contributed by atoms with Crippen molar-refractivity contribution in [1.82, 2.24) is 24.7 Å². The Kier molecular flexibility index (Phi) is 7.73. The number of rotatable bonds is 12. The SMILES string of the molecule is COc1ccc(Cn2c(CCc3c[nH]c4ccccc34)nnc2C(Cc2c[nH]c3ccccc23)CC(C)(N)C(N)=O)cc1. The van der Waals surface area contributed by atoms with Crippen LogP contribution in [0.2, 0.25) is 0 Å². The van der Waals surface area contributed by atoms with Crippen molar-refractivity contribution in [3.63, 3.8) is 0 Å². The number of hydrogen-bond acceptors (Lipinski definition) is 5. The maximum absolute atomic E-state index is 12.4. The highest BCUT2D eigenvalue weighted by Gasteiger charge is 2.34. The van der Waals surface area contributed by atoms with Crippen LogP contribution >= 0.6 is 0 Å². The number of primary amides is 1. The third-order valence-corrected chi connectivity index (χ3v) is 8.39. The average Bonchev–Trinajstić information content (AvgIpc) is 3.73. The summed E-state index contributed by atoms with van der Waals surface area (Å²) in [5.41, 5.74) is 16.7. The van der Waals surface area contributed by atoms with Crippen LogP contribution in [0, 0.1) is 0 Å². The van der Waals surface area contributed by atoms with Crippen LogP contribution in [0.5, 0.6) is 5.75 Å². The van der Waals surface area contributed by atoms with Crippen molar-refractivity contribution in [3.05, 3.63) is 114 Å². The van der Waals surface area contributed by atoms with Gasteiger partial charge in [-0.15, -0.1) is 10.2 Å². The highest BCUT2D eigenvalue weighted by molar-refractivity contribution is 5.85. The molecule has 2 unspecified atom stereocenters. The molecule has 2 atom stereocenters. The van der Waals surface area contributed by atoms with Gasteiger partial charge in [0.15, 0.2) is 0 Å². The molecular weight excluding hydrogens is 538 g/mol. The van der Waals surface area contributed by atoms with Gasteiger partial charge < -0.3 is 30.7 Å². The summed E-state index contributed by atoms with van der Waals surface area (Å²) in [4.78, 5) is 19.2. The topological polar surface area (TPSA) is 141 Å². The van der Waals surface area contributed by atoms with Gasteiger partial charge >= 0.3 is 0 Å². The van der Waals surface area contributed by atoms with E-state index in [0.29, 0.717) is 25.8 Å². The fourth-order valence-electron chi connectivity index (χ4n) is 5.94. The minimum atomic E-state index is -1.22. The predicted molar refractivity (Wildman–Crippen MR) is 169 cm³/mol. The molecule has 0 aliphatic heterocycles. The second kappa shape index (κ2) is 11.8. The number of hydrogen-bond donors (Lipinski definition) is 4. The summed E-state index contributed by atoms with van der Waals surface area (Å²) in [5, 5.41) is 11.8. The van der Waals surface area contributed by atoms with E-state index in [-0.39, 0.29) is 5.92 Å². The Morgan fingerprint density at radius 3 is 2.19 bits per heavy atom. The van der Waals surface area contributed by atoms with Crippen LogP contribution in [0.1, 0.15) is 47.6 Å². The number of para-hydroxylation sites is 2. The van der Waals surface area contributed by atoms with Crippen LogP contribution in [0.15, 0.2) is 85.2 Å². The maximum atomic E-state index is 12.4. The van der Waals surface area contributed by atoms with E-state index in [2.05, 4.69) is 63.2 Å². The van der Waals surface area contributed by atoms with Crippen LogP contribution in [0.25, 0.3) is 21.8 Å². The zero-order chi connectivity index (χ0) is 30.0. The molecule has 9 nitrogen and oxygen atoms in total. The first-order chi connectivity index (χ1) is 20.8. The Bertz CT molecular complexity index is 1860. The summed E-state index contributed by atoms with van der Waals surface area (Å²) >= 11 is 0. The van der Waals surface area contributed by atoms with Crippen molar-refractivity contribution in [3.8, 4) is 5.75 Å². The van der Waals surface area contributed by atoms with E-state index in [1.165, 1.54) is 10.9 Å². The molecule has 0 bridgehead atoms. The summed E-state index contributed by atoms with van der Waals surface area (Å²) in [6.07, 6.45) is 6.53. The number of aromatic amines is 2. The third kappa shape index (κ3) is 5.89. The lowest BCUT2D eigenvalue weighted by atomic mass is 9.84. The molecule has 1 amide bonds. The van der Waals surface area contributed by atoms with E-state index in [1.54, 1.807) is 14.0 Å². The molecule has 6 N–H and O–H groups in total. The van der Waals surface area contributed by atoms with E-state index in [0.717, 1.165) is 51.4 Å². The number of methoxy groups -OCH3 is 1. The lowest BCUT2D eigenvalue weighted by Crippen LogP contribution is -2.50. The molecular formula is C34H37N7O2. The maximum Gasteiger partial charge on any atom is 0.237 e. The van der Waals surface area contributed by atoms with Crippen molar-refractivity contribution in [1.29, 1.82) is 0 Å². The van der Waals surface area contributed by atoms with Gasteiger partial charge in [-0.3, -0.25) is 4.79 Å². The summed E-state index contributed by atoms with van der Waals surface area (Å²) in [6.45, 7) is 2.26. The minimum Gasteiger partial charge on any atom is -0.497 e. The third-order valence-electron chi connectivity index (χ3n) is 8.39. The van der Waals surface area contributed by atoms with E-state index in [9.17, 15) is 4.79 Å². The number of carbonyl (C=O) groups is 1. The molecule has 220 valence electrons. The van der Waals surface area contributed by atoms with Crippen LogP contribution in [0.4, 0.5) is 0 Å². The van der Waals surface area contributed by atoms with Gasteiger partial charge in [0.1, 0.15) is 17.4 Å². The van der Waals surface area contributed by atoms with E-state index < -0.39 is 11.4 Å². The first-order valence-corrected chi connectivity index (χ1v) is 14.6. The van der Waals surface area contributed by atoms with Crippen molar-refractivity contribution in [2.75, 3.05) is 7.11 Å². The molecule has 9 heteroatoms. The van der Waals surface area contributed by atoms with Gasteiger partial charge in [-0.25, -0.2) is 0 Å². The van der Waals surface area contributed by atoms with E-state index >= 15 is 0 Å². The van der Waals surface area contributed by atoms with Crippen LogP contribution in [0.3, 0.4) is 0 Å². The van der Waals surface area contributed by atoms with Crippen LogP contribution in [-0.2, 0) is 30.6 Å². The molecule has 3 heterocycles. The highest BCUT2D eigenvalue weighted by atomic mass is 16.5. The predicted octanol–water partition coefficient (Wildman–Crippen LogP) is 5.00. The number of nitrogens with two attached hydrogens (primary N) is 2. The minimum absolute atomic E-state index is 0.214. The Hall–Kier alpha value is -4.89. The second-order valence-electron chi connectivity index (χ2n) is 11.5. The molecule has 3 aromatic carbocycles. The molecule has 43 heavy (non-hydrogen) atoms. The smallest absolute Gasteiger partial charge is 0.237 e. The number of ether oxygens (including phenoxy) is 1. The molecule has 0 fully saturated rings. The number of amides is 1. The van der Waals surface area contributed by atoms with E-state index in [4.69, 9.17) is 26.4 Å². The summed E-state index contributed by atoms with van der Waals surface area (Å²) in [5.74, 6) is 1.70. The van der Waals surface area contributed by atoms with Gasteiger partial charge in [0.05, 0.1) is 19.2 Å².